The number of rotatable bonds is 2. The van der Waals surface area contributed by atoms with Crippen LogP contribution >= 0.6 is 0 Å². The van der Waals surface area contributed by atoms with Crippen LogP contribution in [-0.4, -0.2) is 25.3 Å². The molecule has 1 aromatic carbocycles. The molecule has 2 rings (SSSR count). The van der Waals surface area contributed by atoms with Gasteiger partial charge in [0.05, 0.1) is 0 Å². The van der Waals surface area contributed by atoms with Crippen LogP contribution in [0.4, 0.5) is 23.7 Å². The number of carbonyl (C=O) groups is 1. The van der Waals surface area contributed by atoms with Gasteiger partial charge in [0.25, 0.3) is 0 Å². The van der Waals surface area contributed by atoms with E-state index in [4.69, 9.17) is 0 Å². The number of fused-ring (bicyclic) bond motifs is 1. The fourth-order valence-corrected chi connectivity index (χ4v) is 1.91. The van der Waals surface area contributed by atoms with Gasteiger partial charge < -0.3 is 16.0 Å². The molecule has 2 amide bonds. The lowest BCUT2D eigenvalue weighted by molar-refractivity contribution is -0.122. The number of urea groups is 1. The van der Waals surface area contributed by atoms with Gasteiger partial charge in [-0.05, 0) is 36.2 Å². The molecular weight excluding hydrogens is 259 g/mol. The van der Waals surface area contributed by atoms with Crippen molar-refractivity contribution < 1.29 is 18.0 Å². The van der Waals surface area contributed by atoms with Crippen molar-refractivity contribution in [2.24, 2.45) is 0 Å². The molecule has 0 aromatic heterocycles. The molecule has 1 heterocycles. The summed E-state index contributed by atoms with van der Waals surface area (Å²) in [6.07, 6.45) is -3.49. The highest BCUT2D eigenvalue weighted by Gasteiger charge is 2.27. The van der Waals surface area contributed by atoms with Gasteiger partial charge >= 0.3 is 12.2 Å². The van der Waals surface area contributed by atoms with E-state index in [2.05, 4.69) is 10.6 Å². The van der Waals surface area contributed by atoms with E-state index >= 15 is 0 Å². The molecule has 0 aliphatic carbocycles. The molecule has 19 heavy (non-hydrogen) atoms. The van der Waals surface area contributed by atoms with Gasteiger partial charge in [0.2, 0.25) is 0 Å². The number of hydrogen-bond acceptors (Lipinski definition) is 2. The average Bonchev–Trinajstić information content (AvgIpc) is 2.35. The first-order valence-corrected chi connectivity index (χ1v) is 5.88. The van der Waals surface area contributed by atoms with Gasteiger partial charge in [-0.3, -0.25) is 0 Å². The summed E-state index contributed by atoms with van der Waals surface area (Å²) >= 11 is 0. The molecule has 104 valence electrons. The standard InChI is InChI=1S/C12H14F3N3O/c13-12(14,15)7-17-11(19)18-10-2-1-8-3-4-16-6-9(8)5-10/h1-2,5,16H,3-4,6-7H2,(H2,17,18,19). The Morgan fingerprint density at radius 1 is 1.32 bits per heavy atom. The molecular formula is C12H14F3N3O. The minimum absolute atomic E-state index is 0.488. The molecule has 4 nitrogen and oxygen atoms in total. The largest absolute Gasteiger partial charge is 0.405 e. The molecule has 1 aromatic rings. The Morgan fingerprint density at radius 2 is 2.11 bits per heavy atom. The molecule has 1 aliphatic rings. The first kappa shape index (κ1) is 13.7. The quantitative estimate of drug-likeness (QED) is 0.772. The van der Waals surface area contributed by atoms with E-state index in [1.165, 1.54) is 5.56 Å². The highest BCUT2D eigenvalue weighted by atomic mass is 19.4. The van der Waals surface area contributed by atoms with E-state index < -0.39 is 18.8 Å². The van der Waals surface area contributed by atoms with E-state index in [0.29, 0.717) is 12.2 Å². The lowest BCUT2D eigenvalue weighted by atomic mass is 10.0. The van der Waals surface area contributed by atoms with Crippen molar-refractivity contribution in [3.05, 3.63) is 29.3 Å². The number of hydrogen-bond donors (Lipinski definition) is 3. The maximum Gasteiger partial charge on any atom is 0.405 e. The van der Waals surface area contributed by atoms with Crippen molar-refractivity contribution in [1.29, 1.82) is 0 Å². The minimum Gasteiger partial charge on any atom is -0.329 e. The molecule has 0 fully saturated rings. The maximum atomic E-state index is 11.9. The van der Waals surface area contributed by atoms with Crippen LogP contribution in [-0.2, 0) is 13.0 Å². The number of halogens is 3. The van der Waals surface area contributed by atoms with Crippen LogP contribution in [0, 0.1) is 0 Å². The number of carbonyl (C=O) groups excluding carboxylic acids is 1. The van der Waals surface area contributed by atoms with Crippen LogP contribution in [0.5, 0.6) is 0 Å². The van der Waals surface area contributed by atoms with Gasteiger partial charge in [0.15, 0.2) is 0 Å². The van der Waals surface area contributed by atoms with E-state index in [9.17, 15) is 18.0 Å². The summed E-state index contributed by atoms with van der Waals surface area (Å²) in [5.41, 5.74) is 2.74. The number of benzene rings is 1. The van der Waals surface area contributed by atoms with Crippen LogP contribution in [0.1, 0.15) is 11.1 Å². The fourth-order valence-electron chi connectivity index (χ4n) is 1.91. The van der Waals surface area contributed by atoms with Crippen LogP contribution < -0.4 is 16.0 Å². The van der Waals surface area contributed by atoms with Crippen LogP contribution in [0.2, 0.25) is 0 Å². The number of nitrogens with one attached hydrogen (secondary N) is 3. The van der Waals surface area contributed by atoms with Crippen molar-refractivity contribution in [3.63, 3.8) is 0 Å². The second-order valence-electron chi connectivity index (χ2n) is 4.33. The van der Waals surface area contributed by atoms with E-state index in [-0.39, 0.29) is 0 Å². The summed E-state index contributed by atoms with van der Waals surface area (Å²) in [5.74, 6) is 0. The van der Waals surface area contributed by atoms with Crippen LogP contribution in [0.3, 0.4) is 0 Å². The Balaban J connectivity index is 1.94. The predicted molar refractivity (Wildman–Crippen MR) is 64.9 cm³/mol. The Labute approximate surface area is 108 Å². The molecule has 0 unspecified atom stereocenters. The van der Waals surface area contributed by atoms with Crippen molar-refractivity contribution in [2.75, 3.05) is 18.4 Å². The summed E-state index contributed by atoms with van der Waals surface area (Å²) in [6.45, 7) is 0.270. The lowest BCUT2D eigenvalue weighted by Gasteiger charge is -2.18. The Morgan fingerprint density at radius 3 is 2.84 bits per heavy atom. The smallest absolute Gasteiger partial charge is 0.329 e. The van der Waals surface area contributed by atoms with Gasteiger partial charge in [-0.15, -0.1) is 0 Å². The summed E-state index contributed by atoms with van der Waals surface area (Å²) in [7, 11) is 0. The number of alkyl halides is 3. The van der Waals surface area contributed by atoms with E-state index in [0.717, 1.165) is 18.5 Å². The van der Waals surface area contributed by atoms with E-state index in [1.54, 1.807) is 17.4 Å². The van der Waals surface area contributed by atoms with Crippen molar-refractivity contribution in [3.8, 4) is 0 Å². The normalized spacial score (nSPS) is 14.7. The monoisotopic (exact) mass is 273 g/mol. The minimum atomic E-state index is -4.41. The Bertz CT molecular complexity index is 474. The molecule has 0 saturated heterocycles. The maximum absolute atomic E-state index is 11.9. The van der Waals surface area contributed by atoms with Crippen molar-refractivity contribution in [2.45, 2.75) is 19.1 Å². The molecule has 0 atom stereocenters. The molecule has 7 heteroatoms. The summed E-state index contributed by atoms with van der Waals surface area (Å²) < 4.78 is 35.8. The van der Waals surface area contributed by atoms with E-state index in [1.807, 2.05) is 6.07 Å². The van der Waals surface area contributed by atoms with Crippen LogP contribution in [0.15, 0.2) is 18.2 Å². The second-order valence-corrected chi connectivity index (χ2v) is 4.33. The highest BCUT2D eigenvalue weighted by molar-refractivity contribution is 5.89. The van der Waals surface area contributed by atoms with Crippen molar-refractivity contribution in [1.82, 2.24) is 10.6 Å². The van der Waals surface area contributed by atoms with Crippen LogP contribution in [0.25, 0.3) is 0 Å². The zero-order valence-corrected chi connectivity index (χ0v) is 10.1. The summed E-state index contributed by atoms with van der Waals surface area (Å²) in [6, 6.07) is 4.49. The topological polar surface area (TPSA) is 53.2 Å². The first-order chi connectivity index (χ1) is 8.94. The third kappa shape index (κ3) is 4.13. The average molecular weight is 273 g/mol. The summed E-state index contributed by atoms with van der Waals surface area (Å²) in [4.78, 5) is 11.3. The van der Waals surface area contributed by atoms with Crippen molar-refractivity contribution >= 4 is 11.7 Å². The van der Waals surface area contributed by atoms with Gasteiger partial charge in [-0.1, -0.05) is 6.07 Å². The third-order valence-electron chi connectivity index (χ3n) is 2.80. The molecule has 0 saturated carbocycles. The fraction of sp³-hybridized carbons (Fsp3) is 0.417. The third-order valence-corrected chi connectivity index (χ3v) is 2.80. The zero-order chi connectivity index (χ0) is 13.9. The first-order valence-electron chi connectivity index (χ1n) is 5.88. The SMILES string of the molecule is O=C(NCC(F)(F)F)Nc1ccc2c(c1)CNCC2. The highest BCUT2D eigenvalue weighted by Crippen LogP contribution is 2.19. The molecule has 0 bridgehead atoms. The Hall–Kier alpha value is -1.76. The van der Waals surface area contributed by atoms with Gasteiger partial charge in [0, 0.05) is 12.2 Å². The number of anilines is 1. The van der Waals surface area contributed by atoms with Gasteiger partial charge in [0.1, 0.15) is 6.54 Å². The molecule has 1 aliphatic heterocycles. The summed E-state index contributed by atoms with van der Waals surface area (Å²) in [5, 5.41) is 7.34. The zero-order valence-electron chi connectivity index (χ0n) is 10.1. The molecule has 3 N–H and O–H groups in total. The second kappa shape index (κ2) is 5.48. The molecule has 0 spiro atoms. The molecule has 0 radical (unpaired) electrons. The van der Waals surface area contributed by atoms with Gasteiger partial charge in [-0.2, -0.15) is 13.2 Å². The lowest BCUT2D eigenvalue weighted by Crippen LogP contribution is -2.36. The Kier molecular flexibility index (Phi) is 3.94. The predicted octanol–water partition coefficient (Wildman–Crippen LogP) is 2.02. The van der Waals surface area contributed by atoms with Gasteiger partial charge in [-0.25, -0.2) is 4.79 Å². The number of amides is 2.